The molecule has 0 saturated carbocycles. The molecule has 2 aromatic rings. The van der Waals surface area contributed by atoms with Gasteiger partial charge in [-0.1, -0.05) is 55.0 Å². The zero-order valence-electron chi connectivity index (χ0n) is 9.83. The highest BCUT2D eigenvalue weighted by Crippen LogP contribution is 2.46. The summed E-state index contributed by atoms with van der Waals surface area (Å²) in [7, 11) is 0. The van der Waals surface area contributed by atoms with Crippen LogP contribution in [-0.2, 0) is 0 Å². The molecule has 0 amide bonds. The van der Waals surface area contributed by atoms with Gasteiger partial charge >= 0.3 is 0 Å². The Morgan fingerprint density at radius 2 is 1.69 bits per heavy atom. The van der Waals surface area contributed by atoms with Crippen LogP contribution in [0.4, 0.5) is 0 Å². The molecule has 1 aliphatic rings. The van der Waals surface area contributed by atoms with Gasteiger partial charge in [-0.2, -0.15) is 0 Å². The van der Waals surface area contributed by atoms with Crippen LogP contribution in [0.2, 0.25) is 0 Å². The average molecular weight is 208 g/mol. The molecule has 1 aliphatic carbocycles. The van der Waals surface area contributed by atoms with E-state index in [-0.39, 0.29) is 0 Å². The van der Waals surface area contributed by atoms with Crippen LogP contribution < -0.4 is 0 Å². The van der Waals surface area contributed by atoms with Gasteiger partial charge in [-0.15, -0.1) is 0 Å². The molecule has 0 aromatic heterocycles. The Bertz CT molecular complexity index is 537. The topological polar surface area (TPSA) is 0 Å². The van der Waals surface area contributed by atoms with Crippen molar-refractivity contribution in [3.8, 4) is 11.1 Å². The van der Waals surface area contributed by atoms with Crippen molar-refractivity contribution >= 4 is 0 Å². The molecule has 80 valence electrons. The molecule has 0 radical (unpaired) electrons. The van der Waals surface area contributed by atoms with E-state index in [2.05, 4.69) is 56.3 Å². The summed E-state index contributed by atoms with van der Waals surface area (Å²) >= 11 is 0. The Morgan fingerprint density at radius 1 is 0.938 bits per heavy atom. The number of fused-ring (bicyclic) bond motifs is 3. The van der Waals surface area contributed by atoms with Crippen molar-refractivity contribution in [1.29, 1.82) is 0 Å². The molecule has 0 fully saturated rings. The fourth-order valence-electron chi connectivity index (χ4n) is 2.86. The number of hydrogen-bond donors (Lipinski definition) is 0. The van der Waals surface area contributed by atoms with E-state index >= 15 is 0 Å². The quantitative estimate of drug-likeness (QED) is 0.646. The Hall–Kier alpha value is -1.56. The largest absolute Gasteiger partial charge is 0.0645 e. The highest BCUT2D eigenvalue weighted by atomic mass is 14.3. The van der Waals surface area contributed by atoms with Gasteiger partial charge < -0.3 is 0 Å². The molecule has 0 nitrogen and oxygen atoms in total. The predicted molar refractivity (Wildman–Crippen MR) is 68.7 cm³/mol. The van der Waals surface area contributed by atoms with Crippen molar-refractivity contribution in [2.75, 3.05) is 0 Å². The van der Waals surface area contributed by atoms with Crippen molar-refractivity contribution in [3.05, 3.63) is 59.2 Å². The Balaban J connectivity index is 2.30. The minimum absolute atomic E-state index is 0.604. The summed E-state index contributed by atoms with van der Waals surface area (Å²) in [6.45, 7) is 4.44. The van der Waals surface area contributed by atoms with E-state index in [0.717, 1.165) is 0 Å². The maximum Gasteiger partial charge on any atom is 0.00990 e. The van der Waals surface area contributed by atoms with E-state index in [1.165, 1.54) is 34.2 Å². The van der Waals surface area contributed by atoms with Crippen molar-refractivity contribution in [2.24, 2.45) is 0 Å². The van der Waals surface area contributed by atoms with Gasteiger partial charge in [0.15, 0.2) is 0 Å². The molecule has 0 heteroatoms. The molecule has 16 heavy (non-hydrogen) atoms. The van der Waals surface area contributed by atoms with E-state index in [1.807, 2.05) is 0 Å². The number of rotatable bonds is 1. The van der Waals surface area contributed by atoms with Gasteiger partial charge in [-0.25, -0.2) is 0 Å². The van der Waals surface area contributed by atoms with Crippen molar-refractivity contribution in [1.82, 2.24) is 0 Å². The minimum Gasteiger partial charge on any atom is -0.0645 e. The Labute approximate surface area is 96.9 Å². The monoisotopic (exact) mass is 208 g/mol. The first-order valence-electron chi connectivity index (χ1n) is 6.01. The van der Waals surface area contributed by atoms with E-state index in [0.29, 0.717) is 5.92 Å². The zero-order chi connectivity index (χ0) is 11.1. The van der Waals surface area contributed by atoms with Crippen LogP contribution in [0.3, 0.4) is 0 Å². The number of aryl methyl sites for hydroxylation is 1. The first-order chi connectivity index (χ1) is 7.81. The van der Waals surface area contributed by atoms with Gasteiger partial charge in [0.05, 0.1) is 0 Å². The van der Waals surface area contributed by atoms with Gasteiger partial charge in [0.1, 0.15) is 0 Å². The van der Waals surface area contributed by atoms with Gasteiger partial charge in [0, 0.05) is 5.92 Å². The number of hydrogen-bond acceptors (Lipinski definition) is 0. The van der Waals surface area contributed by atoms with Crippen LogP contribution in [-0.4, -0.2) is 0 Å². The second kappa shape index (κ2) is 3.48. The molecular weight excluding hydrogens is 192 g/mol. The maximum absolute atomic E-state index is 2.32. The highest BCUT2D eigenvalue weighted by molar-refractivity contribution is 5.79. The normalized spacial score (nSPS) is 17.0. The molecule has 1 unspecified atom stereocenters. The van der Waals surface area contributed by atoms with Crippen LogP contribution in [0.25, 0.3) is 11.1 Å². The summed E-state index contributed by atoms with van der Waals surface area (Å²) in [5.41, 5.74) is 7.25. The minimum atomic E-state index is 0.604. The fraction of sp³-hybridized carbons (Fsp3) is 0.250. The molecule has 0 bridgehead atoms. The molecule has 3 rings (SSSR count). The van der Waals surface area contributed by atoms with Gasteiger partial charge in [0.25, 0.3) is 0 Å². The van der Waals surface area contributed by atoms with Crippen molar-refractivity contribution in [2.45, 2.75) is 26.2 Å². The number of benzene rings is 2. The van der Waals surface area contributed by atoms with Crippen LogP contribution >= 0.6 is 0 Å². The second-order valence-electron chi connectivity index (χ2n) is 4.64. The third-order valence-electron chi connectivity index (χ3n) is 3.62. The first kappa shape index (κ1) is 9.65. The average Bonchev–Trinajstić information content (AvgIpc) is 2.62. The molecule has 0 heterocycles. The van der Waals surface area contributed by atoms with Gasteiger partial charge in [-0.3, -0.25) is 0 Å². The molecule has 0 spiro atoms. The third-order valence-corrected chi connectivity index (χ3v) is 3.62. The molecule has 1 atom stereocenters. The lowest BCUT2D eigenvalue weighted by Crippen LogP contribution is -1.93. The van der Waals surface area contributed by atoms with E-state index in [4.69, 9.17) is 0 Å². The Morgan fingerprint density at radius 3 is 2.50 bits per heavy atom. The summed E-state index contributed by atoms with van der Waals surface area (Å²) in [6, 6.07) is 15.7. The predicted octanol–water partition coefficient (Wildman–Crippen LogP) is 4.52. The van der Waals surface area contributed by atoms with Crippen molar-refractivity contribution < 1.29 is 0 Å². The lowest BCUT2D eigenvalue weighted by atomic mass is 9.94. The maximum atomic E-state index is 2.32. The lowest BCUT2D eigenvalue weighted by molar-refractivity contribution is 0.797. The SMILES string of the molecule is CCC1c2ccccc2-c2cc(C)ccc21. The van der Waals surface area contributed by atoms with Crippen LogP contribution in [0.15, 0.2) is 42.5 Å². The van der Waals surface area contributed by atoms with Crippen LogP contribution in [0.5, 0.6) is 0 Å². The van der Waals surface area contributed by atoms with E-state index in [9.17, 15) is 0 Å². The standard InChI is InChI=1S/C16H16/c1-3-12-13-6-4-5-7-14(13)16-10-11(2)8-9-15(12)16/h4-10,12H,3H2,1-2H3. The third kappa shape index (κ3) is 1.23. The summed E-state index contributed by atoms with van der Waals surface area (Å²) in [5, 5.41) is 0. The zero-order valence-corrected chi connectivity index (χ0v) is 9.83. The second-order valence-corrected chi connectivity index (χ2v) is 4.64. The van der Waals surface area contributed by atoms with Gasteiger partial charge in [-0.05, 0) is 35.6 Å². The molecule has 0 N–H and O–H groups in total. The van der Waals surface area contributed by atoms with Crippen LogP contribution in [0.1, 0.15) is 36.0 Å². The van der Waals surface area contributed by atoms with Gasteiger partial charge in [0.2, 0.25) is 0 Å². The van der Waals surface area contributed by atoms with Crippen molar-refractivity contribution in [3.63, 3.8) is 0 Å². The van der Waals surface area contributed by atoms with E-state index < -0.39 is 0 Å². The summed E-state index contributed by atoms with van der Waals surface area (Å²) in [5.74, 6) is 0.604. The fourth-order valence-corrected chi connectivity index (χ4v) is 2.86. The molecule has 0 aliphatic heterocycles. The molecule has 0 saturated heterocycles. The Kier molecular flexibility index (Phi) is 2.10. The van der Waals surface area contributed by atoms with Crippen LogP contribution in [0, 0.1) is 6.92 Å². The van der Waals surface area contributed by atoms with E-state index in [1.54, 1.807) is 0 Å². The summed E-state index contributed by atoms with van der Waals surface area (Å²) < 4.78 is 0. The smallest absolute Gasteiger partial charge is 0.00990 e. The summed E-state index contributed by atoms with van der Waals surface area (Å²) in [6.07, 6.45) is 1.19. The first-order valence-corrected chi connectivity index (χ1v) is 6.01. The molecule has 2 aromatic carbocycles. The molecular formula is C16H16. The highest BCUT2D eigenvalue weighted by Gasteiger charge is 2.26. The summed E-state index contributed by atoms with van der Waals surface area (Å²) in [4.78, 5) is 0. The lowest BCUT2D eigenvalue weighted by Gasteiger charge is -2.10.